The van der Waals surface area contributed by atoms with Gasteiger partial charge in [-0.2, -0.15) is 15.1 Å². The van der Waals surface area contributed by atoms with E-state index in [0.29, 0.717) is 51.4 Å². The first-order valence-electron chi connectivity index (χ1n) is 13.7. The van der Waals surface area contributed by atoms with Gasteiger partial charge in [-0.3, -0.25) is 9.89 Å². The highest BCUT2D eigenvalue weighted by Crippen LogP contribution is 2.39. The van der Waals surface area contributed by atoms with E-state index in [4.69, 9.17) is 19.4 Å². The molecule has 0 saturated carbocycles. The maximum Gasteiger partial charge on any atom is 0.318 e. The SMILES string of the molecule is C=CC(=O)N1CCN(c2nc(OC[C@@H]3CCCN3C)nc3c2CCN(c2c(OC)ccc4[nH]ncc24)C3)CC1. The number of aromatic nitrogens is 4. The molecular formula is C28H36N8O3. The number of hydrogen-bond donors (Lipinski definition) is 1. The monoisotopic (exact) mass is 532 g/mol. The first-order valence-corrected chi connectivity index (χ1v) is 13.7. The van der Waals surface area contributed by atoms with Crippen molar-refractivity contribution in [2.75, 3.05) is 69.8 Å². The Morgan fingerprint density at radius 1 is 1.15 bits per heavy atom. The zero-order chi connectivity index (χ0) is 26.9. The van der Waals surface area contributed by atoms with Gasteiger partial charge in [-0.05, 0) is 51.1 Å². The molecule has 2 fully saturated rings. The molecule has 3 aromatic rings. The largest absolute Gasteiger partial charge is 0.495 e. The van der Waals surface area contributed by atoms with Crippen LogP contribution in [0.5, 0.6) is 11.8 Å². The number of likely N-dealkylation sites (N-methyl/N-ethyl adjacent to an activating group) is 1. The third-order valence-electron chi connectivity index (χ3n) is 8.26. The fourth-order valence-electron chi connectivity index (χ4n) is 6.01. The molecule has 1 N–H and O–H groups in total. The number of amides is 1. The first kappa shape index (κ1) is 25.4. The predicted molar refractivity (Wildman–Crippen MR) is 150 cm³/mol. The van der Waals surface area contributed by atoms with Crippen molar-refractivity contribution in [3.63, 3.8) is 0 Å². The Kier molecular flexibility index (Phi) is 6.99. The van der Waals surface area contributed by atoms with Crippen LogP contribution in [0.25, 0.3) is 10.9 Å². The molecular weight excluding hydrogens is 496 g/mol. The van der Waals surface area contributed by atoms with E-state index in [1.165, 1.54) is 12.5 Å². The van der Waals surface area contributed by atoms with E-state index < -0.39 is 0 Å². The molecule has 11 heteroatoms. The number of carbonyl (C=O) groups is 1. The molecule has 0 bridgehead atoms. The van der Waals surface area contributed by atoms with Crippen LogP contribution in [0.4, 0.5) is 11.5 Å². The number of hydrogen-bond acceptors (Lipinski definition) is 9. The fraction of sp³-hybridized carbons (Fsp3) is 0.500. The average Bonchev–Trinajstić information content (AvgIpc) is 3.63. The summed E-state index contributed by atoms with van der Waals surface area (Å²) in [6.45, 7) is 9.40. The Bertz CT molecular complexity index is 1370. The summed E-state index contributed by atoms with van der Waals surface area (Å²) in [6, 6.07) is 4.77. The minimum Gasteiger partial charge on any atom is -0.495 e. The maximum atomic E-state index is 12.1. The molecule has 0 radical (unpaired) electrons. The number of aromatic amines is 1. The third kappa shape index (κ3) is 4.87. The summed E-state index contributed by atoms with van der Waals surface area (Å²) in [7, 11) is 3.84. The van der Waals surface area contributed by atoms with Gasteiger partial charge in [0, 0.05) is 49.7 Å². The van der Waals surface area contributed by atoms with E-state index in [-0.39, 0.29) is 5.91 Å². The van der Waals surface area contributed by atoms with Crippen LogP contribution < -0.4 is 19.3 Å². The van der Waals surface area contributed by atoms with E-state index in [1.54, 1.807) is 7.11 Å². The van der Waals surface area contributed by atoms with Gasteiger partial charge in [0.05, 0.1) is 36.7 Å². The van der Waals surface area contributed by atoms with Gasteiger partial charge in [-0.25, -0.2) is 0 Å². The Morgan fingerprint density at radius 2 is 2.00 bits per heavy atom. The minimum absolute atomic E-state index is 0.0258. The summed E-state index contributed by atoms with van der Waals surface area (Å²) in [5, 5.41) is 8.36. The van der Waals surface area contributed by atoms with Crippen molar-refractivity contribution in [2.24, 2.45) is 0 Å². The highest BCUT2D eigenvalue weighted by molar-refractivity contribution is 5.95. The first-order chi connectivity index (χ1) is 19.1. The summed E-state index contributed by atoms with van der Waals surface area (Å²) in [6.07, 6.45) is 6.34. The van der Waals surface area contributed by atoms with Crippen molar-refractivity contribution in [3.05, 3.63) is 42.2 Å². The topological polar surface area (TPSA) is 103 Å². The van der Waals surface area contributed by atoms with Crippen LogP contribution in [-0.4, -0.2) is 102 Å². The maximum absolute atomic E-state index is 12.1. The number of benzene rings is 1. The smallest absolute Gasteiger partial charge is 0.318 e. The molecule has 6 rings (SSSR count). The number of anilines is 2. The molecule has 0 aliphatic carbocycles. The van der Waals surface area contributed by atoms with Gasteiger partial charge in [0.15, 0.2) is 0 Å². The van der Waals surface area contributed by atoms with Gasteiger partial charge in [0.2, 0.25) is 5.91 Å². The molecule has 1 atom stereocenters. The number of nitrogens with one attached hydrogen (secondary N) is 1. The summed E-state index contributed by atoms with van der Waals surface area (Å²) in [5.41, 5.74) is 4.10. The standard InChI is InChI=1S/C28H36N8O3/c1-4-25(37)34-12-14-35(15-13-34)27-20-9-11-36(26-21-16-29-32-22(21)7-8-24(26)38-3)17-23(20)30-28(31-27)39-18-19-6-5-10-33(19)2/h4,7-8,16,19H,1,5-6,9-15,17-18H2,2-3H3,(H,29,32)/t19-/m0/s1. The van der Waals surface area contributed by atoms with Gasteiger partial charge < -0.3 is 29.1 Å². The predicted octanol–water partition coefficient (Wildman–Crippen LogP) is 2.23. The number of fused-ring (bicyclic) bond motifs is 2. The highest BCUT2D eigenvalue weighted by atomic mass is 16.5. The van der Waals surface area contributed by atoms with E-state index in [2.05, 4.69) is 38.5 Å². The average molecular weight is 533 g/mol. The molecule has 206 valence electrons. The summed E-state index contributed by atoms with van der Waals surface area (Å²) in [5.74, 6) is 1.71. The molecule has 3 aliphatic heterocycles. The van der Waals surface area contributed by atoms with Crippen molar-refractivity contribution < 1.29 is 14.3 Å². The third-order valence-corrected chi connectivity index (χ3v) is 8.26. The quantitative estimate of drug-likeness (QED) is 0.459. The molecule has 0 unspecified atom stereocenters. The summed E-state index contributed by atoms with van der Waals surface area (Å²) in [4.78, 5) is 30.8. The molecule has 1 aromatic carbocycles. The number of methoxy groups -OCH3 is 1. The molecule has 11 nitrogen and oxygen atoms in total. The lowest BCUT2D eigenvalue weighted by molar-refractivity contribution is -0.126. The van der Waals surface area contributed by atoms with Gasteiger partial charge in [0.25, 0.3) is 0 Å². The highest BCUT2D eigenvalue weighted by Gasteiger charge is 2.30. The normalized spacial score (nSPS) is 19.8. The van der Waals surface area contributed by atoms with Crippen LogP contribution in [0.2, 0.25) is 0 Å². The van der Waals surface area contributed by atoms with Gasteiger partial charge >= 0.3 is 6.01 Å². The van der Waals surface area contributed by atoms with Gasteiger partial charge in [-0.1, -0.05) is 6.58 Å². The van der Waals surface area contributed by atoms with E-state index >= 15 is 0 Å². The van der Waals surface area contributed by atoms with E-state index in [1.807, 2.05) is 23.2 Å². The molecule has 5 heterocycles. The zero-order valence-corrected chi connectivity index (χ0v) is 22.7. The molecule has 2 aromatic heterocycles. The summed E-state index contributed by atoms with van der Waals surface area (Å²) < 4.78 is 12.0. The molecule has 1 amide bonds. The van der Waals surface area contributed by atoms with Crippen LogP contribution in [0.15, 0.2) is 31.0 Å². The van der Waals surface area contributed by atoms with Crippen LogP contribution in [-0.2, 0) is 17.8 Å². The number of ether oxygens (including phenoxy) is 2. The van der Waals surface area contributed by atoms with Crippen molar-refractivity contribution in [1.29, 1.82) is 0 Å². The minimum atomic E-state index is -0.0258. The van der Waals surface area contributed by atoms with Crippen molar-refractivity contribution in [1.82, 2.24) is 30.0 Å². The van der Waals surface area contributed by atoms with Crippen LogP contribution in [0.3, 0.4) is 0 Å². The summed E-state index contributed by atoms with van der Waals surface area (Å²) >= 11 is 0. The van der Waals surface area contributed by atoms with E-state index in [9.17, 15) is 4.79 Å². The molecule has 2 saturated heterocycles. The van der Waals surface area contributed by atoms with Crippen LogP contribution in [0.1, 0.15) is 24.1 Å². The Hall–Kier alpha value is -3.86. The van der Waals surface area contributed by atoms with E-state index in [0.717, 1.165) is 65.3 Å². The lowest BCUT2D eigenvalue weighted by atomic mass is 10.0. The Balaban J connectivity index is 1.32. The second-order valence-corrected chi connectivity index (χ2v) is 10.5. The molecule has 0 spiro atoms. The Morgan fingerprint density at radius 3 is 2.74 bits per heavy atom. The number of rotatable bonds is 7. The van der Waals surface area contributed by atoms with Gasteiger partial charge in [-0.15, -0.1) is 0 Å². The van der Waals surface area contributed by atoms with Crippen LogP contribution >= 0.6 is 0 Å². The number of carbonyl (C=O) groups excluding carboxylic acids is 1. The van der Waals surface area contributed by atoms with Crippen LogP contribution in [0, 0.1) is 0 Å². The number of likely N-dealkylation sites (tertiary alicyclic amines) is 1. The second-order valence-electron chi connectivity index (χ2n) is 10.5. The fourth-order valence-corrected chi connectivity index (χ4v) is 6.01. The van der Waals surface area contributed by atoms with Crippen molar-refractivity contribution in [2.45, 2.75) is 31.8 Å². The second kappa shape index (κ2) is 10.7. The lowest BCUT2D eigenvalue weighted by Gasteiger charge is -2.38. The van der Waals surface area contributed by atoms with Crippen molar-refractivity contribution in [3.8, 4) is 11.8 Å². The number of nitrogens with zero attached hydrogens (tertiary/aromatic N) is 7. The number of H-pyrrole nitrogens is 1. The Labute approximate surface area is 228 Å². The van der Waals surface area contributed by atoms with Crippen molar-refractivity contribution >= 4 is 28.3 Å². The number of piperazine rings is 1. The molecule has 39 heavy (non-hydrogen) atoms. The molecule has 3 aliphatic rings. The van der Waals surface area contributed by atoms with Gasteiger partial charge in [0.1, 0.15) is 18.2 Å². The zero-order valence-electron chi connectivity index (χ0n) is 22.7. The lowest BCUT2D eigenvalue weighted by Crippen LogP contribution is -2.49.